The van der Waals surface area contributed by atoms with E-state index in [4.69, 9.17) is 4.74 Å². The summed E-state index contributed by atoms with van der Waals surface area (Å²) in [6.07, 6.45) is 4.38. The van der Waals surface area contributed by atoms with Crippen molar-refractivity contribution in [2.45, 2.75) is 19.9 Å². The molecule has 0 saturated heterocycles. The molecule has 0 aliphatic rings. The maximum atomic E-state index is 10.8. The van der Waals surface area contributed by atoms with Gasteiger partial charge in [0.1, 0.15) is 10.4 Å². The first-order valence-corrected chi connectivity index (χ1v) is 10.6. The summed E-state index contributed by atoms with van der Waals surface area (Å²) in [5, 5.41) is 1.03. The van der Waals surface area contributed by atoms with Gasteiger partial charge in [-0.25, -0.2) is 8.42 Å². The molecule has 1 aromatic heterocycles. The molecule has 0 fully saturated rings. The molecule has 0 radical (unpaired) electrons. The van der Waals surface area contributed by atoms with Crippen LogP contribution in [0, 0.1) is 0 Å². The molecule has 0 unspecified atom stereocenters. The number of nitrogens with zero attached hydrogens (tertiary/aromatic N) is 1. The maximum absolute atomic E-state index is 10.8. The Balaban J connectivity index is 2.44. The van der Waals surface area contributed by atoms with Crippen LogP contribution in [0.1, 0.15) is 18.4 Å². The molecule has 0 saturated carbocycles. The van der Waals surface area contributed by atoms with Crippen molar-refractivity contribution in [2.75, 3.05) is 19.1 Å². The van der Waals surface area contributed by atoms with E-state index in [1.54, 1.807) is 30.2 Å². The van der Waals surface area contributed by atoms with E-state index >= 15 is 0 Å². The average molecular weight is 374 g/mol. The predicted octanol–water partition coefficient (Wildman–Crippen LogP) is 2.86. The van der Waals surface area contributed by atoms with Gasteiger partial charge in [-0.3, -0.25) is 0 Å². The summed E-state index contributed by atoms with van der Waals surface area (Å²) >= 11 is 3.29. The number of benzene rings is 1. The summed E-state index contributed by atoms with van der Waals surface area (Å²) < 4.78 is 40.9. The lowest BCUT2D eigenvalue weighted by atomic mass is 10.3. The van der Waals surface area contributed by atoms with Crippen LogP contribution in [0.4, 0.5) is 0 Å². The van der Waals surface area contributed by atoms with Crippen molar-refractivity contribution in [2.24, 2.45) is 0 Å². The Labute approximate surface area is 144 Å². The highest BCUT2D eigenvalue weighted by Crippen LogP contribution is 2.27. The van der Waals surface area contributed by atoms with Crippen LogP contribution in [-0.2, 0) is 16.7 Å². The summed E-state index contributed by atoms with van der Waals surface area (Å²) in [7, 11) is -2.58. The molecule has 2 aromatic rings. The molecular formula is C15H19NO4S3. The predicted molar refractivity (Wildman–Crippen MR) is 94.9 cm³/mol. The minimum atomic E-state index is -4.19. The van der Waals surface area contributed by atoms with Crippen molar-refractivity contribution in [3.63, 3.8) is 0 Å². The molecule has 0 aliphatic heterocycles. The van der Waals surface area contributed by atoms with Crippen molar-refractivity contribution in [3.8, 4) is 5.75 Å². The molecule has 126 valence electrons. The molecule has 23 heavy (non-hydrogen) atoms. The number of rotatable bonds is 7. The summed E-state index contributed by atoms with van der Waals surface area (Å²) in [6, 6.07) is 5.83. The number of aromatic nitrogens is 1. The maximum Gasteiger partial charge on any atom is 0.263 e. The standard InChI is InChI=1S/C15H19NO4S3/c1-11(21-3)9-15-16(7-4-8-23(17,18)19)13-10-12(20-2)5-6-14(13)22-15/h5-6,9-10H,4,7-8H2,1-3H3/b11-9-. The molecule has 0 bridgehead atoms. The van der Waals surface area contributed by atoms with E-state index in [0.29, 0.717) is 13.0 Å². The van der Waals surface area contributed by atoms with Gasteiger partial charge in [-0.15, -0.1) is 11.8 Å². The minimum Gasteiger partial charge on any atom is -0.748 e. The Morgan fingerprint density at radius 3 is 2.83 bits per heavy atom. The zero-order valence-corrected chi connectivity index (χ0v) is 15.7. The number of fused-ring (bicyclic) bond motifs is 1. The second-order valence-corrected chi connectivity index (χ2v) is 8.64. The highest BCUT2D eigenvalue weighted by atomic mass is 32.2. The molecule has 0 aliphatic carbocycles. The first kappa shape index (κ1) is 18.3. The fourth-order valence-corrected chi connectivity index (χ4v) is 4.14. The van der Waals surface area contributed by atoms with Crippen LogP contribution in [0.25, 0.3) is 16.3 Å². The smallest absolute Gasteiger partial charge is 0.263 e. The van der Waals surface area contributed by atoms with Gasteiger partial charge in [0.05, 0.1) is 23.3 Å². The summed E-state index contributed by atoms with van der Waals surface area (Å²) in [6.45, 7) is 2.50. The molecular weight excluding hydrogens is 354 g/mol. The second-order valence-electron chi connectivity index (χ2n) is 5.00. The zero-order valence-electron chi connectivity index (χ0n) is 13.2. The Morgan fingerprint density at radius 1 is 1.48 bits per heavy atom. The summed E-state index contributed by atoms with van der Waals surface area (Å²) in [4.78, 5) is 1.16. The van der Waals surface area contributed by atoms with E-state index in [9.17, 15) is 13.0 Å². The fraction of sp³-hybridized carbons (Fsp3) is 0.400. The molecule has 2 rings (SSSR count). The first-order valence-electron chi connectivity index (χ1n) is 7.00. The number of methoxy groups -OCH3 is 1. The fourth-order valence-electron chi connectivity index (χ4n) is 2.18. The molecule has 0 amide bonds. The Kier molecular flexibility index (Phi) is 6.07. The third-order valence-corrected chi connectivity index (χ3v) is 6.03. The second kappa shape index (κ2) is 7.65. The van der Waals surface area contributed by atoms with Crippen molar-refractivity contribution >= 4 is 49.5 Å². The molecule has 8 heteroatoms. The van der Waals surface area contributed by atoms with Gasteiger partial charge >= 0.3 is 0 Å². The van der Waals surface area contributed by atoms with Crippen LogP contribution in [0.2, 0.25) is 0 Å². The number of hydrogen-bond donors (Lipinski definition) is 0. The van der Waals surface area contributed by atoms with Crippen LogP contribution in [0.15, 0.2) is 23.1 Å². The lowest BCUT2D eigenvalue weighted by molar-refractivity contribution is -0.668. The molecule has 0 spiro atoms. The average Bonchev–Trinajstić information content (AvgIpc) is 2.82. The number of allylic oxidation sites excluding steroid dienone is 1. The van der Waals surface area contributed by atoms with Gasteiger partial charge in [0, 0.05) is 18.2 Å². The monoisotopic (exact) mass is 373 g/mol. The van der Waals surface area contributed by atoms with Gasteiger partial charge < -0.3 is 9.29 Å². The molecule has 5 nitrogen and oxygen atoms in total. The van der Waals surface area contributed by atoms with Crippen LogP contribution in [0.3, 0.4) is 0 Å². The Morgan fingerprint density at radius 2 is 2.22 bits per heavy atom. The third-order valence-electron chi connectivity index (χ3n) is 3.36. The van der Waals surface area contributed by atoms with Gasteiger partial charge in [0.25, 0.3) is 5.01 Å². The van der Waals surface area contributed by atoms with Crippen molar-refractivity contribution in [3.05, 3.63) is 28.1 Å². The van der Waals surface area contributed by atoms with E-state index in [2.05, 4.69) is 6.08 Å². The van der Waals surface area contributed by atoms with E-state index < -0.39 is 10.1 Å². The quantitative estimate of drug-likeness (QED) is 0.551. The van der Waals surface area contributed by atoms with Gasteiger partial charge in [-0.2, -0.15) is 4.57 Å². The Bertz CT molecular complexity index is 825. The normalized spacial score (nSPS) is 12.8. The summed E-state index contributed by atoms with van der Waals surface area (Å²) in [5.41, 5.74) is 0.984. The Hall–Kier alpha value is -1.09. The van der Waals surface area contributed by atoms with Crippen LogP contribution >= 0.6 is 23.1 Å². The lowest BCUT2D eigenvalue weighted by Crippen LogP contribution is -2.36. The molecule has 0 atom stereocenters. The number of aryl methyl sites for hydroxylation is 1. The molecule has 1 aromatic carbocycles. The van der Waals surface area contributed by atoms with E-state index in [1.807, 2.05) is 35.9 Å². The van der Waals surface area contributed by atoms with Crippen LogP contribution < -0.4 is 9.30 Å². The number of ether oxygens (including phenoxy) is 1. The third kappa shape index (κ3) is 4.94. The van der Waals surface area contributed by atoms with E-state index in [1.165, 1.54) is 0 Å². The van der Waals surface area contributed by atoms with E-state index in [0.717, 1.165) is 25.9 Å². The lowest BCUT2D eigenvalue weighted by Gasteiger charge is -2.04. The SMILES string of the molecule is COc1ccc2sc(/C=C(/C)SC)[n+](CCCS(=O)(=O)[O-])c2c1. The number of thioether (sulfide) groups is 1. The first-order chi connectivity index (χ1) is 10.8. The highest BCUT2D eigenvalue weighted by molar-refractivity contribution is 8.02. The van der Waals surface area contributed by atoms with Gasteiger partial charge in [-0.1, -0.05) is 11.3 Å². The largest absolute Gasteiger partial charge is 0.748 e. The number of hydrogen-bond acceptors (Lipinski definition) is 6. The number of thiazole rings is 1. The molecule has 0 N–H and O–H groups in total. The van der Waals surface area contributed by atoms with E-state index in [-0.39, 0.29) is 5.75 Å². The van der Waals surface area contributed by atoms with Gasteiger partial charge in [0.15, 0.2) is 6.54 Å². The van der Waals surface area contributed by atoms with Gasteiger partial charge in [0.2, 0.25) is 5.52 Å². The summed E-state index contributed by atoms with van der Waals surface area (Å²) in [5.74, 6) is 0.393. The van der Waals surface area contributed by atoms with Gasteiger partial charge in [-0.05, 0) is 30.2 Å². The molecule has 1 heterocycles. The van der Waals surface area contributed by atoms with Crippen molar-refractivity contribution in [1.82, 2.24) is 0 Å². The minimum absolute atomic E-state index is 0.290. The highest BCUT2D eigenvalue weighted by Gasteiger charge is 2.20. The van der Waals surface area contributed by atoms with Crippen molar-refractivity contribution < 1.29 is 22.3 Å². The van der Waals surface area contributed by atoms with Crippen molar-refractivity contribution in [1.29, 1.82) is 0 Å². The van der Waals surface area contributed by atoms with Crippen LogP contribution in [-0.4, -0.2) is 32.1 Å². The topological polar surface area (TPSA) is 70.3 Å². The zero-order chi connectivity index (χ0) is 17.0. The van der Waals surface area contributed by atoms with Crippen LogP contribution in [0.5, 0.6) is 5.75 Å².